The van der Waals surface area contributed by atoms with E-state index in [9.17, 15) is 4.21 Å². The van der Waals surface area contributed by atoms with E-state index in [1.54, 1.807) is 6.26 Å². The summed E-state index contributed by atoms with van der Waals surface area (Å²) in [5, 5.41) is 3.36. The van der Waals surface area contributed by atoms with Gasteiger partial charge in [-0.05, 0) is 42.8 Å². The van der Waals surface area contributed by atoms with Crippen LogP contribution in [0.5, 0.6) is 11.5 Å². The van der Waals surface area contributed by atoms with Gasteiger partial charge in [-0.1, -0.05) is 30.3 Å². The monoisotopic (exact) mass is 303 g/mol. The summed E-state index contributed by atoms with van der Waals surface area (Å²) in [5.41, 5.74) is 1.18. The Morgan fingerprint density at radius 3 is 2.57 bits per heavy atom. The third-order valence-electron chi connectivity index (χ3n) is 2.99. The highest BCUT2D eigenvalue weighted by molar-refractivity contribution is 7.84. The second-order valence-electron chi connectivity index (χ2n) is 4.87. The fourth-order valence-corrected chi connectivity index (χ4v) is 2.53. The highest BCUT2D eigenvalue weighted by Gasteiger charge is 1.99. The van der Waals surface area contributed by atoms with Crippen LogP contribution < -0.4 is 10.1 Å². The first-order valence-corrected chi connectivity index (χ1v) is 8.79. The van der Waals surface area contributed by atoms with Crippen LogP contribution in [0.4, 0.5) is 0 Å². The molecule has 1 unspecified atom stereocenters. The maximum Gasteiger partial charge on any atom is 0.127 e. The van der Waals surface area contributed by atoms with E-state index >= 15 is 0 Å². The minimum absolute atomic E-state index is 0.700. The van der Waals surface area contributed by atoms with Gasteiger partial charge in [-0.3, -0.25) is 4.21 Å². The average Bonchev–Trinajstić information content (AvgIpc) is 2.48. The Morgan fingerprint density at radius 1 is 1.05 bits per heavy atom. The van der Waals surface area contributed by atoms with Gasteiger partial charge in [-0.25, -0.2) is 0 Å². The third-order valence-corrected chi connectivity index (χ3v) is 3.86. The largest absolute Gasteiger partial charge is 0.457 e. The Hall–Kier alpha value is -1.65. The number of nitrogens with one attached hydrogen (secondary N) is 1. The predicted molar refractivity (Wildman–Crippen MR) is 88.2 cm³/mol. The Balaban J connectivity index is 1.82. The Bertz CT molecular complexity index is 572. The van der Waals surface area contributed by atoms with Crippen molar-refractivity contribution in [3.05, 3.63) is 60.2 Å². The van der Waals surface area contributed by atoms with Gasteiger partial charge in [0.15, 0.2) is 0 Å². The molecule has 0 saturated heterocycles. The van der Waals surface area contributed by atoms with Gasteiger partial charge in [0.2, 0.25) is 0 Å². The molecular weight excluding hydrogens is 282 g/mol. The van der Waals surface area contributed by atoms with Crippen LogP contribution in [0.15, 0.2) is 54.6 Å². The van der Waals surface area contributed by atoms with Crippen LogP contribution in [0.1, 0.15) is 12.0 Å². The summed E-state index contributed by atoms with van der Waals surface area (Å²) in [6, 6.07) is 17.8. The van der Waals surface area contributed by atoms with Gasteiger partial charge in [-0.15, -0.1) is 0 Å². The zero-order valence-corrected chi connectivity index (χ0v) is 13.1. The molecule has 0 radical (unpaired) electrons. The predicted octanol–water partition coefficient (Wildman–Crippen LogP) is 3.34. The van der Waals surface area contributed by atoms with Gasteiger partial charge >= 0.3 is 0 Å². The molecule has 21 heavy (non-hydrogen) atoms. The van der Waals surface area contributed by atoms with Crippen LogP contribution >= 0.6 is 0 Å². The van der Waals surface area contributed by atoms with Crippen LogP contribution in [-0.4, -0.2) is 22.8 Å². The number of benzene rings is 2. The second kappa shape index (κ2) is 8.60. The van der Waals surface area contributed by atoms with Gasteiger partial charge in [0.1, 0.15) is 11.5 Å². The first-order valence-electron chi connectivity index (χ1n) is 7.06. The van der Waals surface area contributed by atoms with Gasteiger partial charge in [0.05, 0.1) is 0 Å². The van der Waals surface area contributed by atoms with Crippen LogP contribution in [0.2, 0.25) is 0 Å². The van der Waals surface area contributed by atoms with Gasteiger partial charge < -0.3 is 10.1 Å². The summed E-state index contributed by atoms with van der Waals surface area (Å²) in [6.07, 6.45) is 2.67. The Labute approximate surface area is 128 Å². The lowest BCUT2D eigenvalue weighted by Crippen LogP contribution is -2.16. The quantitative estimate of drug-likeness (QED) is 0.760. The molecule has 0 aliphatic carbocycles. The summed E-state index contributed by atoms with van der Waals surface area (Å²) in [7, 11) is -0.700. The van der Waals surface area contributed by atoms with Crippen molar-refractivity contribution >= 4 is 10.8 Å². The lowest BCUT2D eigenvalue weighted by atomic mass is 10.2. The van der Waals surface area contributed by atoms with E-state index in [4.69, 9.17) is 4.74 Å². The molecule has 2 aromatic rings. The zero-order chi connectivity index (χ0) is 14.9. The highest BCUT2D eigenvalue weighted by Crippen LogP contribution is 2.21. The van der Waals surface area contributed by atoms with E-state index in [1.165, 1.54) is 5.56 Å². The molecule has 1 atom stereocenters. The molecule has 0 saturated carbocycles. The van der Waals surface area contributed by atoms with E-state index in [2.05, 4.69) is 11.4 Å². The number of ether oxygens (including phenoxy) is 1. The molecule has 0 amide bonds. The zero-order valence-electron chi connectivity index (χ0n) is 12.2. The number of rotatable bonds is 8. The second-order valence-corrected chi connectivity index (χ2v) is 6.42. The van der Waals surface area contributed by atoms with Crippen LogP contribution in [0.25, 0.3) is 0 Å². The average molecular weight is 303 g/mol. The highest BCUT2D eigenvalue weighted by atomic mass is 32.2. The van der Waals surface area contributed by atoms with E-state index in [0.29, 0.717) is 0 Å². The molecule has 2 rings (SSSR count). The topological polar surface area (TPSA) is 38.3 Å². The van der Waals surface area contributed by atoms with Crippen LogP contribution in [-0.2, 0) is 17.3 Å². The van der Waals surface area contributed by atoms with E-state index < -0.39 is 10.8 Å². The molecule has 0 bridgehead atoms. The van der Waals surface area contributed by atoms with Crippen molar-refractivity contribution in [2.45, 2.75) is 13.0 Å². The minimum atomic E-state index is -0.700. The molecule has 112 valence electrons. The van der Waals surface area contributed by atoms with Crippen molar-refractivity contribution in [2.75, 3.05) is 18.6 Å². The van der Waals surface area contributed by atoms with E-state index in [0.717, 1.165) is 36.8 Å². The van der Waals surface area contributed by atoms with Crippen molar-refractivity contribution in [3.8, 4) is 11.5 Å². The SMILES string of the molecule is CS(=O)CCCNCc1cccc(Oc2ccccc2)c1. The van der Waals surface area contributed by atoms with Crippen molar-refractivity contribution < 1.29 is 8.95 Å². The lowest BCUT2D eigenvalue weighted by Gasteiger charge is -2.08. The summed E-state index contributed by atoms with van der Waals surface area (Å²) in [4.78, 5) is 0. The summed E-state index contributed by atoms with van der Waals surface area (Å²) in [6.45, 7) is 1.67. The molecule has 0 aliphatic rings. The minimum Gasteiger partial charge on any atom is -0.457 e. The van der Waals surface area contributed by atoms with Crippen molar-refractivity contribution in [2.24, 2.45) is 0 Å². The van der Waals surface area contributed by atoms with E-state index in [1.807, 2.05) is 48.5 Å². The van der Waals surface area contributed by atoms with Gasteiger partial charge in [0.25, 0.3) is 0 Å². The fraction of sp³-hybridized carbons (Fsp3) is 0.294. The third kappa shape index (κ3) is 6.10. The standard InChI is InChI=1S/C17H21NO2S/c1-21(19)12-6-11-18-14-15-7-5-10-17(13-15)20-16-8-3-2-4-9-16/h2-5,7-10,13,18H,6,11-12,14H2,1H3. The summed E-state index contributed by atoms with van der Waals surface area (Å²) < 4.78 is 16.8. The Kier molecular flexibility index (Phi) is 6.44. The molecule has 4 heteroatoms. The lowest BCUT2D eigenvalue weighted by molar-refractivity contribution is 0.481. The maximum absolute atomic E-state index is 11.0. The van der Waals surface area contributed by atoms with Crippen LogP contribution in [0.3, 0.4) is 0 Å². The first kappa shape index (κ1) is 15.7. The summed E-state index contributed by atoms with van der Waals surface area (Å²) in [5.74, 6) is 2.44. The molecule has 1 N–H and O–H groups in total. The molecule has 0 aromatic heterocycles. The smallest absolute Gasteiger partial charge is 0.127 e. The maximum atomic E-state index is 11.0. The first-order chi connectivity index (χ1) is 10.2. The van der Waals surface area contributed by atoms with Crippen molar-refractivity contribution in [3.63, 3.8) is 0 Å². The van der Waals surface area contributed by atoms with E-state index in [-0.39, 0.29) is 0 Å². The van der Waals surface area contributed by atoms with Crippen LogP contribution in [0, 0.1) is 0 Å². The molecule has 2 aromatic carbocycles. The summed E-state index contributed by atoms with van der Waals surface area (Å²) >= 11 is 0. The van der Waals surface area contributed by atoms with Crippen molar-refractivity contribution in [1.29, 1.82) is 0 Å². The van der Waals surface area contributed by atoms with Gasteiger partial charge in [0, 0.05) is 29.4 Å². The van der Waals surface area contributed by atoms with Crippen molar-refractivity contribution in [1.82, 2.24) is 5.32 Å². The molecular formula is C17H21NO2S. The Morgan fingerprint density at radius 2 is 1.81 bits per heavy atom. The number of hydrogen-bond acceptors (Lipinski definition) is 3. The molecule has 0 fully saturated rings. The number of hydrogen-bond donors (Lipinski definition) is 1. The number of para-hydroxylation sites is 1. The molecule has 0 spiro atoms. The van der Waals surface area contributed by atoms with Gasteiger partial charge in [-0.2, -0.15) is 0 Å². The normalized spacial score (nSPS) is 12.0. The molecule has 0 aliphatic heterocycles. The fourth-order valence-electron chi connectivity index (χ4n) is 1.98. The molecule has 3 nitrogen and oxygen atoms in total. The molecule has 0 heterocycles.